The monoisotopic (exact) mass is 398 g/mol. The van der Waals surface area contributed by atoms with Crippen LogP contribution < -0.4 is 10.2 Å². The zero-order valence-corrected chi connectivity index (χ0v) is 16.3. The summed E-state index contributed by atoms with van der Waals surface area (Å²) < 4.78 is 0. The number of hydrogen-bond donors (Lipinski definition) is 4. The van der Waals surface area contributed by atoms with E-state index in [0.29, 0.717) is 6.42 Å². The van der Waals surface area contributed by atoms with Gasteiger partial charge < -0.3 is 25.5 Å². The summed E-state index contributed by atoms with van der Waals surface area (Å²) in [7, 11) is 1.69. The number of nitrogens with one attached hydrogen (secondary N) is 1. The van der Waals surface area contributed by atoms with E-state index in [2.05, 4.69) is 5.32 Å². The van der Waals surface area contributed by atoms with Crippen molar-refractivity contribution >= 4 is 17.5 Å². The number of carbonyl (C=O) groups is 2. The minimum Gasteiger partial charge on any atom is -0.394 e. The second kappa shape index (κ2) is 8.32. The standard InChI is InChI=1S/C22H26N2O5/c1-24-18-10-6-5-9-17(18)22(20(24)29,11-16-7-3-2-4-8-16)12-19(28)23-21(13-25,14-26)15-27/h2-10,25-27H,11-15H2,1H3,(H,23,28). The molecule has 1 aliphatic heterocycles. The third-order valence-corrected chi connectivity index (χ3v) is 5.62. The summed E-state index contributed by atoms with van der Waals surface area (Å²) in [6.45, 7) is -1.87. The van der Waals surface area contributed by atoms with Crippen LogP contribution in [0.4, 0.5) is 5.69 Å². The first kappa shape index (κ1) is 21.0. The highest BCUT2D eigenvalue weighted by molar-refractivity contribution is 6.10. The highest BCUT2D eigenvalue weighted by atomic mass is 16.3. The molecule has 7 heteroatoms. The molecular formula is C22H26N2O5. The second-order valence-electron chi connectivity index (χ2n) is 7.61. The largest absolute Gasteiger partial charge is 0.394 e. The molecule has 0 fully saturated rings. The Kier molecular flexibility index (Phi) is 6.02. The van der Waals surface area contributed by atoms with Crippen molar-refractivity contribution in [2.45, 2.75) is 23.8 Å². The Morgan fingerprint density at radius 1 is 1.00 bits per heavy atom. The van der Waals surface area contributed by atoms with Gasteiger partial charge in [-0.3, -0.25) is 9.59 Å². The molecule has 7 nitrogen and oxygen atoms in total. The number of para-hydroxylation sites is 1. The predicted octanol–water partition coefficient (Wildman–Crippen LogP) is 0.366. The van der Waals surface area contributed by atoms with Crippen molar-refractivity contribution in [1.29, 1.82) is 0 Å². The highest BCUT2D eigenvalue weighted by Gasteiger charge is 2.51. The molecule has 4 N–H and O–H groups in total. The molecule has 2 aromatic carbocycles. The van der Waals surface area contributed by atoms with Crippen molar-refractivity contribution in [3.05, 3.63) is 65.7 Å². The topological polar surface area (TPSA) is 110 Å². The van der Waals surface area contributed by atoms with Crippen molar-refractivity contribution < 1.29 is 24.9 Å². The Morgan fingerprint density at radius 2 is 1.59 bits per heavy atom. The van der Waals surface area contributed by atoms with Gasteiger partial charge in [-0.15, -0.1) is 0 Å². The van der Waals surface area contributed by atoms with Crippen LogP contribution in [0.1, 0.15) is 17.5 Å². The van der Waals surface area contributed by atoms with Crippen molar-refractivity contribution in [1.82, 2.24) is 5.32 Å². The number of nitrogens with zero attached hydrogens (tertiary/aromatic N) is 1. The van der Waals surface area contributed by atoms with E-state index >= 15 is 0 Å². The third kappa shape index (κ3) is 3.76. The van der Waals surface area contributed by atoms with E-state index in [9.17, 15) is 24.9 Å². The lowest BCUT2D eigenvalue weighted by molar-refractivity contribution is -0.132. The van der Waals surface area contributed by atoms with Gasteiger partial charge in [0.2, 0.25) is 11.8 Å². The van der Waals surface area contributed by atoms with Gasteiger partial charge in [0.1, 0.15) is 5.54 Å². The number of rotatable bonds is 8. The smallest absolute Gasteiger partial charge is 0.238 e. The lowest BCUT2D eigenvalue weighted by Crippen LogP contribution is -2.58. The van der Waals surface area contributed by atoms with Gasteiger partial charge in [0.15, 0.2) is 0 Å². The zero-order chi connectivity index (χ0) is 21.1. The molecule has 2 aromatic rings. The normalized spacial score (nSPS) is 18.6. The molecule has 154 valence electrons. The van der Waals surface area contributed by atoms with Crippen LogP contribution >= 0.6 is 0 Å². The van der Waals surface area contributed by atoms with Crippen LogP contribution in [-0.4, -0.2) is 59.5 Å². The van der Waals surface area contributed by atoms with Gasteiger partial charge >= 0.3 is 0 Å². The van der Waals surface area contributed by atoms with Crippen LogP contribution in [0, 0.1) is 0 Å². The van der Waals surface area contributed by atoms with Crippen LogP contribution in [0.2, 0.25) is 0 Å². The summed E-state index contributed by atoms with van der Waals surface area (Å²) in [4.78, 5) is 27.9. The summed E-state index contributed by atoms with van der Waals surface area (Å²) in [5.74, 6) is -0.725. The Balaban J connectivity index is 2.01. The molecule has 1 heterocycles. The number of carbonyl (C=O) groups excluding carboxylic acids is 2. The molecule has 0 saturated carbocycles. The van der Waals surface area contributed by atoms with E-state index in [0.717, 1.165) is 16.8 Å². The number of benzene rings is 2. The minimum atomic E-state index is -1.54. The van der Waals surface area contributed by atoms with E-state index in [4.69, 9.17) is 0 Å². The molecule has 0 saturated heterocycles. The Labute approximate surface area is 169 Å². The highest BCUT2D eigenvalue weighted by Crippen LogP contribution is 2.45. The van der Waals surface area contributed by atoms with Gasteiger partial charge in [-0.25, -0.2) is 0 Å². The molecule has 0 bridgehead atoms. The number of aliphatic hydroxyl groups excluding tert-OH is 3. The number of amides is 2. The SMILES string of the molecule is CN1C(=O)C(CC(=O)NC(CO)(CO)CO)(Cc2ccccc2)c2ccccc21. The van der Waals surface area contributed by atoms with Gasteiger partial charge in [0.25, 0.3) is 0 Å². The molecule has 29 heavy (non-hydrogen) atoms. The van der Waals surface area contributed by atoms with Gasteiger partial charge in [0, 0.05) is 19.2 Å². The number of hydrogen-bond acceptors (Lipinski definition) is 5. The first-order chi connectivity index (χ1) is 13.9. The number of aliphatic hydroxyl groups is 3. The van der Waals surface area contributed by atoms with Crippen LogP contribution in [0.15, 0.2) is 54.6 Å². The van der Waals surface area contributed by atoms with Crippen LogP contribution in [0.5, 0.6) is 0 Å². The van der Waals surface area contributed by atoms with Gasteiger partial charge in [-0.2, -0.15) is 0 Å². The maximum absolute atomic E-state index is 13.4. The maximum atomic E-state index is 13.4. The van der Waals surface area contributed by atoms with E-state index < -0.39 is 36.7 Å². The van der Waals surface area contributed by atoms with Gasteiger partial charge in [-0.05, 0) is 23.6 Å². The summed E-state index contributed by atoms with van der Waals surface area (Å²) in [5.41, 5.74) is -0.245. The zero-order valence-electron chi connectivity index (χ0n) is 16.3. The first-order valence-electron chi connectivity index (χ1n) is 9.46. The summed E-state index contributed by atoms with van der Waals surface area (Å²) in [6, 6.07) is 16.8. The summed E-state index contributed by atoms with van der Waals surface area (Å²) in [5, 5.41) is 31.1. The molecule has 0 radical (unpaired) electrons. The molecule has 1 unspecified atom stereocenters. The fourth-order valence-electron chi connectivity index (χ4n) is 3.95. The average Bonchev–Trinajstić information content (AvgIpc) is 2.95. The summed E-state index contributed by atoms with van der Waals surface area (Å²) >= 11 is 0. The Morgan fingerprint density at radius 3 is 2.21 bits per heavy atom. The van der Waals surface area contributed by atoms with Gasteiger partial charge in [0.05, 0.1) is 25.2 Å². The predicted molar refractivity (Wildman–Crippen MR) is 108 cm³/mol. The number of likely N-dealkylation sites (N-methyl/N-ethyl adjacent to an activating group) is 1. The molecule has 3 rings (SSSR count). The van der Waals surface area contributed by atoms with Crippen LogP contribution in [-0.2, 0) is 21.4 Å². The lowest BCUT2D eigenvalue weighted by atomic mass is 9.73. The maximum Gasteiger partial charge on any atom is 0.238 e. The number of fused-ring (bicyclic) bond motifs is 1. The fraction of sp³-hybridized carbons (Fsp3) is 0.364. The Bertz CT molecular complexity index is 874. The second-order valence-corrected chi connectivity index (χ2v) is 7.61. The van der Waals surface area contributed by atoms with Gasteiger partial charge in [-0.1, -0.05) is 48.5 Å². The minimum absolute atomic E-state index is 0.177. The lowest BCUT2D eigenvalue weighted by Gasteiger charge is -2.32. The molecule has 2 amide bonds. The van der Waals surface area contributed by atoms with E-state index in [1.807, 2.05) is 54.6 Å². The van der Waals surface area contributed by atoms with Crippen molar-refractivity contribution in [2.75, 3.05) is 31.8 Å². The first-order valence-corrected chi connectivity index (χ1v) is 9.46. The molecule has 1 aliphatic rings. The van der Waals surface area contributed by atoms with E-state index in [1.165, 1.54) is 0 Å². The Hall–Kier alpha value is -2.74. The van der Waals surface area contributed by atoms with Crippen molar-refractivity contribution in [3.63, 3.8) is 0 Å². The van der Waals surface area contributed by atoms with Crippen molar-refractivity contribution in [2.24, 2.45) is 0 Å². The third-order valence-electron chi connectivity index (χ3n) is 5.62. The fourth-order valence-corrected chi connectivity index (χ4v) is 3.95. The molecule has 0 spiro atoms. The van der Waals surface area contributed by atoms with Crippen LogP contribution in [0.3, 0.4) is 0 Å². The van der Waals surface area contributed by atoms with Crippen LogP contribution in [0.25, 0.3) is 0 Å². The molecule has 0 aliphatic carbocycles. The molecule has 1 atom stereocenters. The van der Waals surface area contributed by atoms with Crippen molar-refractivity contribution in [3.8, 4) is 0 Å². The molecular weight excluding hydrogens is 372 g/mol. The van der Waals surface area contributed by atoms with E-state index in [-0.39, 0.29) is 12.3 Å². The van der Waals surface area contributed by atoms with E-state index in [1.54, 1.807) is 11.9 Å². The quantitative estimate of drug-likeness (QED) is 0.514. The average molecular weight is 398 g/mol. The number of anilines is 1. The molecule has 0 aromatic heterocycles. The summed E-state index contributed by atoms with van der Waals surface area (Å²) in [6.07, 6.45) is 0.148.